The average molecular weight is 295 g/mol. The smallest absolute Gasteiger partial charge is 0.276 e. The van der Waals surface area contributed by atoms with Gasteiger partial charge in [-0.15, -0.1) is 10.2 Å². The normalized spacial score (nSPS) is 10.9. The van der Waals surface area contributed by atoms with Crippen LogP contribution in [0.2, 0.25) is 0 Å². The molecule has 0 saturated carbocycles. The van der Waals surface area contributed by atoms with Crippen molar-refractivity contribution in [3.8, 4) is 0 Å². The Hall–Kier alpha value is -1.40. The number of benzene rings is 1. The minimum Gasteiger partial charge on any atom is -0.416 e. The lowest BCUT2D eigenvalue weighted by Crippen LogP contribution is -1.98. The molecule has 2 N–H and O–H groups in total. The van der Waals surface area contributed by atoms with Crippen LogP contribution in [0.5, 0.6) is 0 Å². The Morgan fingerprint density at radius 2 is 2.00 bits per heavy atom. The van der Waals surface area contributed by atoms with E-state index in [9.17, 15) is 4.39 Å². The van der Waals surface area contributed by atoms with Crippen molar-refractivity contribution in [1.29, 1.82) is 0 Å². The molecule has 0 aliphatic carbocycles. The predicted molar refractivity (Wildman–Crippen MR) is 76.9 cm³/mol. The Kier molecular flexibility index (Phi) is 6.01. The summed E-state index contributed by atoms with van der Waals surface area (Å²) in [6, 6.07) is 6.70. The van der Waals surface area contributed by atoms with Crippen LogP contribution in [0.25, 0.3) is 0 Å². The number of unbranched alkanes of at least 4 members (excludes halogenated alkanes) is 2. The highest BCUT2D eigenvalue weighted by Gasteiger charge is 2.08. The van der Waals surface area contributed by atoms with Crippen LogP contribution in [0.1, 0.15) is 30.7 Å². The van der Waals surface area contributed by atoms with Crippen molar-refractivity contribution in [1.82, 2.24) is 10.2 Å². The molecule has 1 aromatic carbocycles. The molecule has 20 heavy (non-hydrogen) atoms. The molecule has 0 unspecified atom stereocenters. The van der Waals surface area contributed by atoms with Crippen molar-refractivity contribution >= 4 is 11.8 Å². The van der Waals surface area contributed by atoms with Crippen LogP contribution in [0.3, 0.4) is 0 Å². The summed E-state index contributed by atoms with van der Waals surface area (Å²) < 4.78 is 19.0. The zero-order chi connectivity index (χ0) is 14.2. The molecular formula is C14H18FN3OS. The van der Waals surface area contributed by atoms with Crippen LogP contribution >= 0.6 is 11.8 Å². The van der Waals surface area contributed by atoms with Crippen LogP contribution in [0, 0.1) is 5.82 Å². The van der Waals surface area contributed by atoms with Crippen LogP contribution in [0.4, 0.5) is 4.39 Å². The maximum absolute atomic E-state index is 13.4. The van der Waals surface area contributed by atoms with E-state index < -0.39 is 0 Å². The first-order valence-corrected chi connectivity index (χ1v) is 7.67. The van der Waals surface area contributed by atoms with Crippen molar-refractivity contribution in [3.05, 3.63) is 41.5 Å². The zero-order valence-electron chi connectivity index (χ0n) is 11.2. The minimum absolute atomic E-state index is 0.207. The maximum atomic E-state index is 13.4. The number of aromatic nitrogens is 2. The van der Waals surface area contributed by atoms with E-state index in [1.54, 1.807) is 12.1 Å². The number of nitrogens with zero attached hydrogens (tertiary/aromatic N) is 2. The number of rotatable bonds is 8. The number of thioether (sulfide) groups is 1. The summed E-state index contributed by atoms with van der Waals surface area (Å²) in [4.78, 5) is 0. The Morgan fingerprint density at radius 3 is 2.80 bits per heavy atom. The fourth-order valence-corrected chi connectivity index (χ4v) is 2.52. The second-order valence-electron chi connectivity index (χ2n) is 4.44. The highest BCUT2D eigenvalue weighted by Crippen LogP contribution is 2.23. The van der Waals surface area contributed by atoms with Gasteiger partial charge in [0.2, 0.25) is 5.89 Å². The molecule has 2 aromatic rings. The SMILES string of the molecule is NCCCCCc1nnc(SCc2ccccc2F)o1. The van der Waals surface area contributed by atoms with E-state index in [0.29, 0.717) is 29.0 Å². The first kappa shape index (κ1) is 15.0. The minimum atomic E-state index is -0.207. The molecule has 1 heterocycles. The number of hydrogen-bond acceptors (Lipinski definition) is 5. The highest BCUT2D eigenvalue weighted by molar-refractivity contribution is 7.98. The quantitative estimate of drug-likeness (QED) is 0.598. The molecular weight excluding hydrogens is 277 g/mol. The van der Waals surface area contributed by atoms with E-state index >= 15 is 0 Å². The van der Waals surface area contributed by atoms with Gasteiger partial charge in [0.05, 0.1) is 0 Å². The third kappa shape index (κ3) is 4.61. The van der Waals surface area contributed by atoms with Crippen molar-refractivity contribution in [2.75, 3.05) is 6.54 Å². The Bertz CT molecular complexity index is 533. The van der Waals surface area contributed by atoms with E-state index in [0.717, 1.165) is 25.7 Å². The van der Waals surface area contributed by atoms with Crippen molar-refractivity contribution in [2.24, 2.45) is 5.73 Å². The van der Waals surface area contributed by atoms with E-state index in [1.807, 2.05) is 6.07 Å². The van der Waals surface area contributed by atoms with E-state index in [1.165, 1.54) is 17.8 Å². The molecule has 4 nitrogen and oxygen atoms in total. The average Bonchev–Trinajstić information content (AvgIpc) is 2.91. The van der Waals surface area contributed by atoms with E-state index in [-0.39, 0.29) is 5.82 Å². The van der Waals surface area contributed by atoms with Crippen LogP contribution < -0.4 is 5.73 Å². The molecule has 0 atom stereocenters. The van der Waals surface area contributed by atoms with Gasteiger partial charge in [0.1, 0.15) is 5.82 Å². The fraction of sp³-hybridized carbons (Fsp3) is 0.429. The van der Waals surface area contributed by atoms with Crippen molar-refractivity contribution in [2.45, 2.75) is 36.7 Å². The molecule has 2 rings (SSSR count). The van der Waals surface area contributed by atoms with Gasteiger partial charge >= 0.3 is 0 Å². The molecule has 0 radical (unpaired) electrons. The third-order valence-corrected chi connectivity index (χ3v) is 3.72. The molecule has 0 amide bonds. The Morgan fingerprint density at radius 1 is 1.15 bits per heavy atom. The monoisotopic (exact) mass is 295 g/mol. The van der Waals surface area contributed by atoms with Crippen molar-refractivity contribution < 1.29 is 8.81 Å². The van der Waals surface area contributed by atoms with Gasteiger partial charge in [0.15, 0.2) is 0 Å². The van der Waals surface area contributed by atoms with Gasteiger partial charge in [-0.25, -0.2) is 4.39 Å². The van der Waals surface area contributed by atoms with Gasteiger partial charge in [0, 0.05) is 12.2 Å². The van der Waals surface area contributed by atoms with Crippen LogP contribution in [-0.2, 0) is 12.2 Å². The third-order valence-electron chi connectivity index (χ3n) is 2.85. The first-order chi connectivity index (χ1) is 9.79. The first-order valence-electron chi connectivity index (χ1n) is 6.68. The largest absolute Gasteiger partial charge is 0.416 e. The molecule has 1 aromatic heterocycles. The fourth-order valence-electron chi connectivity index (χ4n) is 1.75. The Balaban J connectivity index is 1.79. The standard InChI is InChI=1S/C14H18FN3OS/c15-12-7-4-3-6-11(12)10-20-14-18-17-13(19-14)8-2-1-5-9-16/h3-4,6-7H,1-2,5,8-10,16H2. The molecule has 0 fully saturated rings. The summed E-state index contributed by atoms with van der Waals surface area (Å²) in [6.45, 7) is 0.716. The van der Waals surface area contributed by atoms with Gasteiger partial charge < -0.3 is 10.2 Å². The van der Waals surface area contributed by atoms with Gasteiger partial charge in [-0.05, 0) is 31.0 Å². The Labute approximate surface area is 122 Å². The van der Waals surface area contributed by atoms with Crippen LogP contribution in [0.15, 0.2) is 33.9 Å². The second kappa shape index (κ2) is 8.01. The highest BCUT2D eigenvalue weighted by atomic mass is 32.2. The van der Waals surface area contributed by atoms with Crippen molar-refractivity contribution in [3.63, 3.8) is 0 Å². The maximum Gasteiger partial charge on any atom is 0.276 e. The number of halogens is 1. The van der Waals surface area contributed by atoms with Gasteiger partial charge in [-0.1, -0.05) is 36.4 Å². The molecule has 0 aliphatic rings. The zero-order valence-corrected chi connectivity index (χ0v) is 12.0. The molecule has 0 saturated heterocycles. The van der Waals surface area contributed by atoms with Gasteiger partial charge in [-0.3, -0.25) is 0 Å². The lowest BCUT2D eigenvalue weighted by Gasteiger charge is -1.99. The van der Waals surface area contributed by atoms with E-state index in [4.69, 9.17) is 10.2 Å². The summed E-state index contributed by atoms with van der Waals surface area (Å²) in [5.41, 5.74) is 6.07. The summed E-state index contributed by atoms with van der Waals surface area (Å²) in [7, 11) is 0. The van der Waals surface area contributed by atoms with Crippen LogP contribution in [-0.4, -0.2) is 16.7 Å². The summed E-state index contributed by atoms with van der Waals surface area (Å²) in [6.07, 6.45) is 3.85. The number of aryl methyl sites for hydroxylation is 1. The molecule has 0 aliphatic heterocycles. The molecule has 6 heteroatoms. The second-order valence-corrected chi connectivity index (χ2v) is 5.37. The summed E-state index contributed by atoms with van der Waals surface area (Å²) in [5, 5.41) is 8.43. The number of hydrogen-bond donors (Lipinski definition) is 1. The van der Waals surface area contributed by atoms with Gasteiger partial charge in [0.25, 0.3) is 5.22 Å². The lowest BCUT2D eigenvalue weighted by molar-refractivity contribution is 0.407. The summed E-state index contributed by atoms with van der Waals surface area (Å²) >= 11 is 1.35. The van der Waals surface area contributed by atoms with E-state index in [2.05, 4.69) is 10.2 Å². The molecule has 0 spiro atoms. The summed E-state index contributed by atoms with van der Waals surface area (Å²) in [5.74, 6) is 0.918. The lowest BCUT2D eigenvalue weighted by atomic mass is 10.2. The van der Waals surface area contributed by atoms with Gasteiger partial charge in [-0.2, -0.15) is 0 Å². The topological polar surface area (TPSA) is 64.9 Å². The number of nitrogens with two attached hydrogens (primary N) is 1. The molecule has 0 bridgehead atoms. The predicted octanol–water partition coefficient (Wildman–Crippen LogP) is 3.17. The molecule has 108 valence electrons.